The van der Waals surface area contributed by atoms with Crippen molar-refractivity contribution in [2.75, 3.05) is 19.6 Å². The summed E-state index contributed by atoms with van der Waals surface area (Å²) in [4.78, 5) is 2.39. The van der Waals surface area contributed by atoms with E-state index in [1.807, 2.05) is 29.5 Å². The van der Waals surface area contributed by atoms with E-state index in [2.05, 4.69) is 80.3 Å². The second kappa shape index (κ2) is 8.27. The predicted molar refractivity (Wildman–Crippen MR) is 126 cm³/mol. The van der Waals surface area contributed by atoms with Crippen molar-refractivity contribution in [1.29, 1.82) is 0 Å². The molecule has 0 saturated carbocycles. The fraction of sp³-hybridized carbons (Fsp3) is 0.308. The summed E-state index contributed by atoms with van der Waals surface area (Å²) in [5, 5.41) is 14.7. The molecule has 150 valence electrons. The SMILES string of the molecule is CCN(CC)CC(C)C(O)(c1ccccc1)c1ccc2sc3ccccc3c2c1. The number of rotatable bonds is 7. The molecule has 2 nitrogen and oxygen atoms in total. The second-order valence-electron chi connectivity index (χ2n) is 7.83. The molecule has 1 N–H and O–H groups in total. The normalized spacial score (nSPS) is 15.1. The quantitative estimate of drug-likeness (QED) is 0.393. The molecule has 3 heteroatoms. The number of thiophene rings is 1. The Labute approximate surface area is 177 Å². The van der Waals surface area contributed by atoms with Crippen molar-refractivity contribution in [1.82, 2.24) is 4.90 Å². The third-order valence-corrected chi connectivity index (χ3v) is 7.32. The zero-order valence-corrected chi connectivity index (χ0v) is 18.2. The molecule has 1 heterocycles. The van der Waals surface area contributed by atoms with Crippen molar-refractivity contribution in [2.24, 2.45) is 5.92 Å². The van der Waals surface area contributed by atoms with Gasteiger partial charge in [0, 0.05) is 32.6 Å². The van der Waals surface area contributed by atoms with E-state index in [0.29, 0.717) is 0 Å². The molecule has 0 saturated heterocycles. The minimum Gasteiger partial charge on any atom is -0.380 e. The largest absolute Gasteiger partial charge is 0.380 e. The maximum atomic E-state index is 12.2. The smallest absolute Gasteiger partial charge is 0.118 e. The van der Waals surface area contributed by atoms with Gasteiger partial charge >= 0.3 is 0 Å². The summed E-state index contributed by atoms with van der Waals surface area (Å²) in [6.07, 6.45) is 0. The maximum absolute atomic E-state index is 12.2. The Bertz CT molecular complexity index is 1100. The third kappa shape index (κ3) is 3.59. The van der Waals surface area contributed by atoms with E-state index in [9.17, 15) is 5.11 Å². The van der Waals surface area contributed by atoms with E-state index < -0.39 is 5.60 Å². The van der Waals surface area contributed by atoms with Gasteiger partial charge in [-0.1, -0.05) is 75.4 Å². The van der Waals surface area contributed by atoms with Gasteiger partial charge in [0.05, 0.1) is 0 Å². The van der Waals surface area contributed by atoms with E-state index in [1.165, 1.54) is 20.2 Å². The summed E-state index contributed by atoms with van der Waals surface area (Å²) in [5.41, 5.74) is 0.888. The molecule has 2 atom stereocenters. The van der Waals surface area contributed by atoms with Crippen molar-refractivity contribution in [3.8, 4) is 0 Å². The standard InChI is InChI=1S/C26H29NOS/c1-4-27(5-2)18-19(3)26(28,20-11-7-6-8-12-20)21-15-16-25-23(17-21)22-13-9-10-14-24(22)29-25/h6-17,19,28H,4-5,18H2,1-3H3. The van der Waals surface area contributed by atoms with Gasteiger partial charge in [0.15, 0.2) is 0 Å². The second-order valence-corrected chi connectivity index (χ2v) is 8.91. The first-order valence-corrected chi connectivity index (χ1v) is 11.3. The molecular formula is C26H29NOS. The van der Waals surface area contributed by atoms with E-state index in [-0.39, 0.29) is 5.92 Å². The van der Waals surface area contributed by atoms with Gasteiger partial charge in [-0.15, -0.1) is 11.3 Å². The lowest BCUT2D eigenvalue weighted by Crippen LogP contribution is -2.42. The Morgan fingerprint density at radius 1 is 0.828 bits per heavy atom. The summed E-state index contributed by atoms with van der Waals surface area (Å²) in [5.74, 6) is 0.0483. The van der Waals surface area contributed by atoms with Gasteiger partial charge in [-0.2, -0.15) is 0 Å². The summed E-state index contributed by atoms with van der Waals surface area (Å²) in [6.45, 7) is 9.35. The molecule has 0 fully saturated rings. The molecule has 0 bridgehead atoms. The van der Waals surface area contributed by atoms with Crippen LogP contribution in [0.25, 0.3) is 20.2 Å². The lowest BCUT2D eigenvalue weighted by atomic mass is 9.76. The number of hydrogen-bond donors (Lipinski definition) is 1. The van der Waals surface area contributed by atoms with Crippen molar-refractivity contribution in [3.05, 3.63) is 83.9 Å². The Kier molecular flexibility index (Phi) is 5.73. The molecule has 0 spiro atoms. The van der Waals surface area contributed by atoms with Crippen LogP contribution in [0.3, 0.4) is 0 Å². The van der Waals surface area contributed by atoms with Crippen LogP contribution in [-0.2, 0) is 5.60 Å². The highest BCUT2D eigenvalue weighted by molar-refractivity contribution is 7.25. The molecule has 4 rings (SSSR count). The minimum atomic E-state index is -1.04. The topological polar surface area (TPSA) is 23.5 Å². The average molecular weight is 404 g/mol. The molecule has 3 aromatic carbocycles. The molecule has 0 radical (unpaired) electrons. The highest BCUT2D eigenvalue weighted by atomic mass is 32.1. The van der Waals surface area contributed by atoms with Crippen molar-refractivity contribution < 1.29 is 5.11 Å². The van der Waals surface area contributed by atoms with Crippen LogP contribution >= 0.6 is 11.3 Å². The highest BCUT2D eigenvalue weighted by Crippen LogP contribution is 2.41. The number of aliphatic hydroxyl groups is 1. The fourth-order valence-electron chi connectivity index (χ4n) is 4.39. The van der Waals surface area contributed by atoms with Gasteiger partial charge in [0.1, 0.15) is 5.60 Å². The van der Waals surface area contributed by atoms with Crippen molar-refractivity contribution >= 4 is 31.5 Å². The summed E-state index contributed by atoms with van der Waals surface area (Å²) in [6, 6.07) is 25.2. The third-order valence-electron chi connectivity index (χ3n) is 6.17. The highest BCUT2D eigenvalue weighted by Gasteiger charge is 2.38. The Hall–Kier alpha value is -2.20. The van der Waals surface area contributed by atoms with Crippen molar-refractivity contribution in [3.63, 3.8) is 0 Å². The van der Waals surface area contributed by atoms with Crippen LogP contribution in [0, 0.1) is 5.92 Å². The first-order chi connectivity index (χ1) is 14.1. The lowest BCUT2D eigenvalue weighted by Gasteiger charge is -2.38. The average Bonchev–Trinajstić information content (AvgIpc) is 3.15. The zero-order valence-electron chi connectivity index (χ0n) is 17.4. The summed E-state index contributed by atoms with van der Waals surface area (Å²) >= 11 is 1.81. The fourth-order valence-corrected chi connectivity index (χ4v) is 5.48. The predicted octanol–water partition coefficient (Wildman–Crippen LogP) is 6.27. The lowest BCUT2D eigenvalue weighted by molar-refractivity contribution is 0.00882. The first kappa shape index (κ1) is 20.1. The van der Waals surface area contributed by atoms with Gasteiger partial charge in [-0.05, 0) is 42.4 Å². The van der Waals surface area contributed by atoms with Gasteiger partial charge in [-0.3, -0.25) is 0 Å². The minimum absolute atomic E-state index is 0.0483. The van der Waals surface area contributed by atoms with Crippen LogP contribution in [0.2, 0.25) is 0 Å². The Morgan fingerprint density at radius 3 is 2.21 bits per heavy atom. The first-order valence-electron chi connectivity index (χ1n) is 10.5. The van der Waals surface area contributed by atoms with E-state index in [4.69, 9.17) is 0 Å². The zero-order chi connectivity index (χ0) is 20.4. The molecule has 29 heavy (non-hydrogen) atoms. The molecule has 0 aliphatic heterocycles. The van der Waals surface area contributed by atoms with Crippen LogP contribution in [0.1, 0.15) is 31.9 Å². The van der Waals surface area contributed by atoms with Gasteiger partial charge in [0.2, 0.25) is 0 Å². The van der Waals surface area contributed by atoms with Crippen LogP contribution in [-0.4, -0.2) is 29.6 Å². The number of fused-ring (bicyclic) bond motifs is 3. The van der Waals surface area contributed by atoms with Crippen LogP contribution in [0.5, 0.6) is 0 Å². The van der Waals surface area contributed by atoms with Gasteiger partial charge < -0.3 is 10.0 Å². The molecule has 0 amide bonds. The molecule has 0 aliphatic carbocycles. The summed E-state index contributed by atoms with van der Waals surface area (Å²) in [7, 11) is 0. The maximum Gasteiger partial charge on any atom is 0.118 e. The van der Waals surface area contributed by atoms with Gasteiger partial charge in [0.25, 0.3) is 0 Å². The number of hydrogen-bond acceptors (Lipinski definition) is 3. The number of nitrogens with zero attached hydrogens (tertiary/aromatic N) is 1. The number of benzene rings is 3. The van der Waals surface area contributed by atoms with Gasteiger partial charge in [-0.25, -0.2) is 0 Å². The van der Waals surface area contributed by atoms with Crippen LogP contribution in [0.4, 0.5) is 0 Å². The molecule has 4 aromatic rings. The van der Waals surface area contributed by atoms with Crippen LogP contribution < -0.4 is 0 Å². The molecular weight excluding hydrogens is 374 g/mol. The summed E-state index contributed by atoms with van der Waals surface area (Å²) < 4.78 is 2.56. The Balaban J connectivity index is 1.87. The van der Waals surface area contributed by atoms with E-state index >= 15 is 0 Å². The van der Waals surface area contributed by atoms with E-state index in [1.54, 1.807) is 0 Å². The van der Waals surface area contributed by atoms with E-state index in [0.717, 1.165) is 30.8 Å². The molecule has 2 unspecified atom stereocenters. The van der Waals surface area contributed by atoms with Crippen molar-refractivity contribution in [2.45, 2.75) is 26.4 Å². The van der Waals surface area contributed by atoms with Crippen LogP contribution in [0.15, 0.2) is 72.8 Å². The molecule has 0 aliphatic rings. The molecule has 1 aromatic heterocycles. The monoisotopic (exact) mass is 403 g/mol. The Morgan fingerprint density at radius 2 is 1.48 bits per heavy atom.